The van der Waals surface area contributed by atoms with Gasteiger partial charge in [0.05, 0.1) is 11.1 Å². The molecule has 23 heavy (non-hydrogen) atoms. The molecular formula is C19H18F3N. The Bertz CT molecular complexity index is 785. The van der Waals surface area contributed by atoms with Crippen molar-refractivity contribution in [1.82, 2.24) is 0 Å². The lowest BCUT2D eigenvalue weighted by atomic mass is 9.89. The molecule has 0 radical (unpaired) electrons. The maximum absolute atomic E-state index is 12.9. The second-order valence-corrected chi connectivity index (χ2v) is 6.51. The van der Waals surface area contributed by atoms with Crippen LogP contribution >= 0.6 is 0 Å². The molecule has 0 amide bonds. The molecule has 0 saturated heterocycles. The monoisotopic (exact) mass is 317 g/mol. The van der Waals surface area contributed by atoms with Gasteiger partial charge in [0.15, 0.2) is 0 Å². The highest BCUT2D eigenvalue weighted by molar-refractivity contribution is 5.83. The second-order valence-electron chi connectivity index (χ2n) is 6.51. The fourth-order valence-electron chi connectivity index (χ4n) is 3.04. The molecule has 120 valence electrons. The highest BCUT2D eigenvalue weighted by Crippen LogP contribution is 2.37. The van der Waals surface area contributed by atoms with Gasteiger partial charge >= 0.3 is 6.18 Å². The first-order valence-corrected chi connectivity index (χ1v) is 7.45. The predicted octanol–water partition coefficient (Wildman–Crippen LogP) is 5.98. The van der Waals surface area contributed by atoms with Gasteiger partial charge in [-0.3, -0.25) is 0 Å². The Morgan fingerprint density at radius 1 is 0.957 bits per heavy atom. The molecule has 2 aromatic rings. The van der Waals surface area contributed by atoms with E-state index in [1.807, 2.05) is 25.1 Å². The van der Waals surface area contributed by atoms with Crippen molar-refractivity contribution in [1.29, 1.82) is 0 Å². The Morgan fingerprint density at radius 2 is 1.65 bits per heavy atom. The number of allylic oxidation sites excluding steroid dienone is 1. The van der Waals surface area contributed by atoms with Crippen LogP contribution in [-0.2, 0) is 6.18 Å². The van der Waals surface area contributed by atoms with Crippen LogP contribution in [0.3, 0.4) is 0 Å². The van der Waals surface area contributed by atoms with Crippen molar-refractivity contribution in [3.8, 4) is 11.1 Å². The van der Waals surface area contributed by atoms with Gasteiger partial charge in [0.1, 0.15) is 0 Å². The summed E-state index contributed by atoms with van der Waals surface area (Å²) >= 11 is 0. The van der Waals surface area contributed by atoms with Crippen molar-refractivity contribution in [3.63, 3.8) is 0 Å². The molecule has 1 aliphatic rings. The molecule has 0 aliphatic carbocycles. The van der Waals surface area contributed by atoms with E-state index < -0.39 is 11.7 Å². The van der Waals surface area contributed by atoms with Crippen molar-refractivity contribution in [2.75, 3.05) is 5.32 Å². The number of rotatable bonds is 1. The van der Waals surface area contributed by atoms with E-state index in [0.717, 1.165) is 28.5 Å². The number of fused-ring (bicyclic) bond motifs is 1. The minimum Gasteiger partial charge on any atom is -0.376 e. The van der Waals surface area contributed by atoms with Crippen LogP contribution in [0.2, 0.25) is 0 Å². The van der Waals surface area contributed by atoms with Gasteiger partial charge in [0.2, 0.25) is 0 Å². The van der Waals surface area contributed by atoms with E-state index in [1.165, 1.54) is 12.1 Å². The summed E-state index contributed by atoms with van der Waals surface area (Å²) in [5, 5.41) is 3.42. The van der Waals surface area contributed by atoms with Crippen LogP contribution in [0.5, 0.6) is 0 Å². The highest BCUT2D eigenvalue weighted by atomic mass is 19.4. The molecule has 0 saturated carbocycles. The van der Waals surface area contributed by atoms with Crippen molar-refractivity contribution in [3.05, 3.63) is 59.7 Å². The normalized spacial score (nSPS) is 16.3. The van der Waals surface area contributed by atoms with E-state index in [1.54, 1.807) is 6.07 Å². The first-order chi connectivity index (χ1) is 10.7. The topological polar surface area (TPSA) is 12.0 Å². The third kappa shape index (κ3) is 3.11. The summed E-state index contributed by atoms with van der Waals surface area (Å²) in [5.41, 5.74) is 3.75. The largest absolute Gasteiger partial charge is 0.416 e. The summed E-state index contributed by atoms with van der Waals surface area (Å²) in [6, 6.07) is 11.2. The third-order valence-electron chi connectivity index (χ3n) is 4.00. The van der Waals surface area contributed by atoms with Crippen LogP contribution in [0.15, 0.2) is 48.5 Å². The molecule has 4 heteroatoms. The first-order valence-electron chi connectivity index (χ1n) is 7.45. The SMILES string of the molecule is CC1=CC(C)(C)Nc2ccc(-c3cccc(C(F)(F)F)c3)cc21. The lowest BCUT2D eigenvalue weighted by molar-refractivity contribution is -0.137. The van der Waals surface area contributed by atoms with Gasteiger partial charge in [-0.1, -0.05) is 24.3 Å². The number of alkyl halides is 3. The average molecular weight is 317 g/mol. The Hall–Kier alpha value is -2.23. The third-order valence-corrected chi connectivity index (χ3v) is 4.00. The summed E-state index contributed by atoms with van der Waals surface area (Å²) in [7, 11) is 0. The number of anilines is 1. The maximum Gasteiger partial charge on any atom is 0.416 e. The van der Waals surface area contributed by atoms with E-state index in [-0.39, 0.29) is 5.54 Å². The number of nitrogens with one attached hydrogen (secondary N) is 1. The van der Waals surface area contributed by atoms with Crippen LogP contribution < -0.4 is 5.32 Å². The summed E-state index contributed by atoms with van der Waals surface area (Å²) in [6.07, 6.45) is -2.20. The number of hydrogen-bond acceptors (Lipinski definition) is 1. The van der Waals surface area contributed by atoms with E-state index >= 15 is 0 Å². The number of hydrogen-bond donors (Lipinski definition) is 1. The smallest absolute Gasteiger partial charge is 0.376 e. The van der Waals surface area contributed by atoms with Crippen LogP contribution in [0, 0.1) is 0 Å². The molecule has 0 unspecified atom stereocenters. The van der Waals surface area contributed by atoms with Crippen molar-refractivity contribution in [2.45, 2.75) is 32.5 Å². The Kier molecular flexibility index (Phi) is 3.51. The summed E-state index contributed by atoms with van der Waals surface area (Å²) in [4.78, 5) is 0. The van der Waals surface area contributed by atoms with Crippen LogP contribution in [-0.4, -0.2) is 5.54 Å². The van der Waals surface area contributed by atoms with Gasteiger partial charge in [-0.05, 0) is 61.7 Å². The zero-order chi connectivity index (χ0) is 16.8. The van der Waals surface area contributed by atoms with Gasteiger partial charge in [0, 0.05) is 11.3 Å². The van der Waals surface area contributed by atoms with Crippen molar-refractivity contribution in [2.24, 2.45) is 0 Å². The fourth-order valence-corrected chi connectivity index (χ4v) is 3.04. The van der Waals surface area contributed by atoms with E-state index in [4.69, 9.17) is 0 Å². The first kappa shape index (κ1) is 15.7. The summed E-state index contributed by atoms with van der Waals surface area (Å²) in [6.45, 7) is 6.19. The molecule has 0 bridgehead atoms. The van der Waals surface area contributed by atoms with Crippen molar-refractivity contribution < 1.29 is 13.2 Å². The van der Waals surface area contributed by atoms with Gasteiger partial charge in [0.25, 0.3) is 0 Å². The second kappa shape index (κ2) is 5.15. The van der Waals surface area contributed by atoms with Crippen LogP contribution in [0.4, 0.5) is 18.9 Å². The van der Waals surface area contributed by atoms with Gasteiger partial charge in [-0.15, -0.1) is 0 Å². The lowest BCUT2D eigenvalue weighted by Gasteiger charge is -2.31. The van der Waals surface area contributed by atoms with E-state index in [0.29, 0.717) is 5.56 Å². The minimum atomic E-state index is -4.33. The van der Waals surface area contributed by atoms with Crippen molar-refractivity contribution >= 4 is 11.3 Å². The average Bonchev–Trinajstić information content (AvgIpc) is 2.45. The molecule has 0 aromatic heterocycles. The molecule has 0 atom stereocenters. The fraction of sp³-hybridized carbons (Fsp3) is 0.263. The Labute approximate surface area is 133 Å². The minimum absolute atomic E-state index is 0.130. The van der Waals surface area contributed by atoms with Crippen LogP contribution in [0.25, 0.3) is 16.7 Å². The van der Waals surface area contributed by atoms with Gasteiger partial charge in [-0.2, -0.15) is 13.2 Å². The lowest BCUT2D eigenvalue weighted by Crippen LogP contribution is -2.31. The zero-order valence-corrected chi connectivity index (χ0v) is 13.3. The molecule has 0 fully saturated rings. The standard InChI is InChI=1S/C19H18F3N/c1-12-11-18(2,3)23-17-8-7-14(10-16(12)17)13-5-4-6-15(9-13)19(20,21)22/h4-11,23H,1-3H3. The van der Waals surface area contributed by atoms with E-state index in [2.05, 4.69) is 25.2 Å². The maximum atomic E-state index is 12.9. The predicted molar refractivity (Wildman–Crippen MR) is 88.2 cm³/mol. The van der Waals surface area contributed by atoms with Gasteiger partial charge in [-0.25, -0.2) is 0 Å². The van der Waals surface area contributed by atoms with E-state index in [9.17, 15) is 13.2 Å². The molecule has 1 heterocycles. The van der Waals surface area contributed by atoms with Gasteiger partial charge < -0.3 is 5.32 Å². The summed E-state index contributed by atoms with van der Waals surface area (Å²) in [5.74, 6) is 0. The molecule has 1 nitrogen and oxygen atoms in total. The molecular weight excluding hydrogens is 299 g/mol. The molecule has 2 aromatic carbocycles. The Balaban J connectivity index is 2.06. The Morgan fingerprint density at radius 3 is 2.35 bits per heavy atom. The summed E-state index contributed by atoms with van der Waals surface area (Å²) < 4.78 is 38.7. The molecule has 1 N–H and O–H groups in total. The number of benzene rings is 2. The molecule has 1 aliphatic heterocycles. The molecule has 0 spiro atoms. The molecule has 3 rings (SSSR count). The number of halogens is 3. The quantitative estimate of drug-likeness (QED) is 0.682. The van der Waals surface area contributed by atoms with Crippen LogP contribution in [0.1, 0.15) is 31.9 Å². The zero-order valence-electron chi connectivity index (χ0n) is 13.3. The highest BCUT2D eigenvalue weighted by Gasteiger charge is 2.30.